The van der Waals surface area contributed by atoms with Crippen molar-refractivity contribution in [2.24, 2.45) is 0 Å². The summed E-state index contributed by atoms with van der Waals surface area (Å²) in [4.78, 5) is 10.8. The molecule has 82 valence electrons. The molecule has 0 aromatic heterocycles. The number of carboxylic acid groups (broad SMARTS) is 1. The number of hydrogen-bond donors (Lipinski definition) is 1. The zero-order valence-electron chi connectivity index (χ0n) is 7.82. The third-order valence-electron chi connectivity index (χ3n) is 1.78. The Balaban J connectivity index is 2.52. The Morgan fingerprint density at radius 1 is 1.33 bits per heavy atom. The number of aryl methyl sites for hydroxylation is 1. The number of carbonyl (C=O) groups is 1. The van der Waals surface area contributed by atoms with Crippen molar-refractivity contribution in [3.05, 3.63) is 29.8 Å². The lowest BCUT2D eigenvalue weighted by Crippen LogP contribution is -1.97. The van der Waals surface area contributed by atoms with Crippen LogP contribution in [-0.2, 0) is 11.2 Å². The van der Waals surface area contributed by atoms with E-state index in [1.807, 2.05) is 0 Å². The normalized spacial score (nSPS) is 10.6. The Morgan fingerprint density at radius 3 is 2.40 bits per heavy atom. The summed E-state index contributed by atoms with van der Waals surface area (Å²) in [5.74, 6) is -3.28. The highest BCUT2D eigenvalue weighted by Gasteiger charge is 2.05. The van der Waals surface area contributed by atoms with Gasteiger partial charge in [-0.25, -0.2) is 0 Å². The van der Waals surface area contributed by atoms with E-state index in [1.54, 1.807) is 24.3 Å². The van der Waals surface area contributed by atoms with Crippen LogP contribution >= 0.6 is 11.8 Å². The molecule has 15 heavy (non-hydrogen) atoms. The molecule has 0 aliphatic carbocycles. The molecule has 0 fully saturated rings. The number of rotatable bonds is 5. The van der Waals surface area contributed by atoms with Crippen molar-refractivity contribution in [2.75, 3.05) is 0 Å². The molecule has 1 rings (SSSR count). The van der Waals surface area contributed by atoms with E-state index in [0.29, 0.717) is 23.1 Å². The quantitative estimate of drug-likeness (QED) is 0.793. The molecule has 1 aromatic rings. The molecule has 0 saturated heterocycles. The van der Waals surface area contributed by atoms with Gasteiger partial charge >= 0.3 is 5.97 Å². The van der Waals surface area contributed by atoms with Gasteiger partial charge in [0.2, 0.25) is 0 Å². The number of alkyl halides is 2. The highest BCUT2D eigenvalue weighted by molar-refractivity contribution is 7.99. The number of aliphatic carboxylic acids is 1. The van der Waals surface area contributed by atoms with Crippen LogP contribution in [-0.4, -0.2) is 16.8 Å². The minimum Gasteiger partial charge on any atom is -0.481 e. The molecule has 0 spiro atoms. The summed E-state index contributed by atoms with van der Waals surface area (Å²) >= 11 is 0.482. The van der Waals surface area contributed by atoms with Gasteiger partial charge in [-0.1, -0.05) is 23.9 Å². The van der Waals surface area contributed by atoms with Crippen molar-refractivity contribution in [3.8, 4) is 0 Å². The fourth-order valence-electron chi connectivity index (χ4n) is 1.09. The summed E-state index contributed by atoms with van der Waals surface area (Å²) in [6.45, 7) is 0. The number of carboxylic acids is 1. The van der Waals surface area contributed by atoms with E-state index in [-0.39, 0.29) is 6.42 Å². The molecule has 0 aliphatic rings. The van der Waals surface area contributed by atoms with Gasteiger partial charge in [0.05, 0.1) is 0 Å². The Morgan fingerprint density at radius 2 is 1.93 bits per heavy atom. The minimum absolute atomic E-state index is 0.0569. The van der Waals surface area contributed by atoms with Crippen LogP contribution in [0.2, 0.25) is 0 Å². The summed E-state index contributed by atoms with van der Waals surface area (Å²) in [6.07, 6.45) is 0.482. The predicted octanol–water partition coefficient (Wildman–Crippen LogP) is 3.02. The average Bonchev–Trinajstić information content (AvgIpc) is 2.16. The van der Waals surface area contributed by atoms with Gasteiger partial charge in [-0.05, 0) is 24.1 Å². The smallest absolute Gasteiger partial charge is 0.303 e. The molecule has 1 N–H and O–H groups in total. The van der Waals surface area contributed by atoms with Gasteiger partial charge in [0, 0.05) is 11.3 Å². The van der Waals surface area contributed by atoms with E-state index >= 15 is 0 Å². The zero-order chi connectivity index (χ0) is 11.3. The lowest BCUT2D eigenvalue weighted by atomic mass is 10.1. The first-order valence-corrected chi connectivity index (χ1v) is 5.21. The largest absolute Gasteiger partial charge is 0.481 e. The lowest BCUT2D eigenvalue weighted by molar-refractivity contribution is -0.136. The first kappa shape index (κ1) is 12.0. The molecule has 0 unspecified atom stereocenters. The van der Waals surface area contributed by atoms with Crippen LogP contribution in [0.25, 0.3) is 0 Å². The molecule has 2 nitrogen and oxygen atoms in total. The van der Waals surface area contributed by atoms with Crippen LogP contribution < -0.4 is 0 Å². The minimum atomic E-state index is -2.42. The molecule has 0 saturated carbocycles. The van der Waals surface area contributed by atoms with E-state index < -0.39 is 11.7 Å². The molecular formula is C10H10F2O2S. The Kier molecular flexibility index (Phi) is 4.55. The fraction of sp³-hybridized carbons (Fsp3) is 0.300. The van der Waals surface area contributed by atoms with Crippen molar-refractivity contribution in [1.29, 1.82) is 0 Å². The van der Waals surface area contributed by atoms with Crippen LogP contribution in [0, 0.1) is 0 Å². The van der Waals surface area contributed by atoms with Crippen LogP contribution in [0.4, 0.5) is 8.78 Å². The summed E-state index contributed by atoms with van der Waals surface area (Å²) in [6, 6.07) is 6.50. The lowest BCUT2D eigenvalue weighted by Gasteiger charge is -2.02. The summed E-state index contributed by atoms with van der Waals surface area (Å²) in [5, 5.41) is 8.45. The molecule has 0 aliphatic heterocycles. The molecule has 0 amide bonds. The third kappa shape index (κ3) is 4.78. The first-order chi connectivity index (χ1) is 7.08. The molecule has 1 aromatic carbocycles. The molecular weight excluding hydrogens is 222 g/mol. The molecule has 0 heterocycles. The van der Waals surface area contributed by atoms with Crippen molar-refractivity contribution in [1.82, 2.24) is 0 Å². The highest BCUT2D eigenvalue weighted by Crippen LogP contribution is 2.25. The number of halogens is 2. The maximum atomic E-state index is 12.0. The van der Waals surface area contributed by atoms with Crippen LogP contribution in [0.5, 0.6) is 0 Å². The van der Waals surface area contributed by atoms with Gasteiger partial charge in [-0.3, -0.25) is 4.79 Å². The van der Waals surface area contributed by atoms with E-state index in [1.165, 1.54) is 0 Å². The molecule has 0 bridgehead atoms. The van der Waals surface area contributed by atoms with Crippen molar-refractivity contribution < 1.29 is 18.7 Å². The van der Waals surface area contributed by atoms with Gasteiger partial charge in [0.15, 0.2) is 0 Å². The highest BCUT2D eigenvalue weighted by atomic mass is 32.2. The fourth-order valence-corrected chi connectivity index (χ4v) is 1.59. The van der Waals surface area contributed by atoms with Crippen LogP contribution in [0.3, 0.4) is 0 Å². The summed E-state index contributed by atoms with van der Waals surface area (Å²) in [7, 11) is 0. The molecule has 0 radical (unpaired) electrons. The van der Waals surface area contributed by atoms with Gasteiger partial charge in [-0.2, -0.15) is 8.78 Å². The number of benzene rings is 1. The van der Waals surface area contributed by atoms with E-state index in [0.717, 1.165) is 5.56 Å². The number of hydrogen-bond acceptors (Lipinski definition) is 2. The van der Waals surface area contributed by atoms with Crippen LogP contribution in [0.1, 0.15) is 12.0 Å². The second kappa shape index (κ2) is 5.70. The van der Waals surface area contributed by atoms with Crippen molar-refractivity contribution in [2.45, 2.75) is 23.5 Å². The second-order valence-corrected chi connectivity index (χ2v) is 3.98. The maximum absolute atomic E-state index is 12.0. The van der Waals surface area contributed by atoms with Gasteiger partial charge in [0.1, 0.15) is 0 Å². The van der Waals surface area contributed by atoms with E-state index in [4.69, 9.17) is 5.11 Å². The molecule has 5 heteroatoms. The Bertz CT molecular complexity index is 325. The van der Waals surface area contributed by atoms with Crippen LogP contribution in [0.15, 0.2) is 29.2 Å². The zero-order valence-corrected chi connectivity index (χ0v) is 8.64. The van der Waals surface area contributed by atoms with E-state index in [9.17, 15) is 13.6 Å². The maximum Gasteiger partial charge on any atom is 0.303 e. The second-order valence-electron chi connectivity index (χ2n) is 2.92. The monoisotopic (exact) mass is 232 g/mol. The predicted molar refractivity (Wildman–Crippen MR) is 54.3 cm³/mol. The average molecular weight is 232 g/mol. The van der Waals surface area contributed by atoms with Gasteiger partial charge in [-0.15, -0.1) is 0 Å². The topological polar surface area (TPSA) is 37.3 Å². The summed E-state index contributed by atoms with van der Waals surface area (Å²) in [5.41, 5.74) is 0.844. The molecule has 0 atom stereocenters. The first-order valence-electron chi connectivity index (χ1n) is 4.33. The summed E-state index contributed by atoms with van der Waals surface area (Å²) < 4.78 is 23.9. The number of thioether (sulfide) groups is 1. The van der Waals surface area contributed by atoms with Crippen molar-refractivity contribution in [3.63, 3.8) is 0 Å². The van der Waals surface area contributed by atoms with Gasteiger partial charge in [0.25, 0.3) is 5.76 Å². The third-order valence-corrected chi connectivity index (χ3v) is 2.50. The Hall–Kier alpha value is -1.10. The van der Waals surface area contributed by atoms with E-state index in [2.05, 4.69) is 0 Å². The van der Waals surface area contributed by atoms with Gasteiger partial charge < -0.3 is 5.11 Å². The standard InChI is InChI=1S/C10H10F2O2S/c11-10(12)15-8-4-1-7(2-5-8)3-6-9(13)14/h1-2,4-5,10H,3,6H2,(H,13,14). The van der Waals surface area contributed by atoms with Crippen molar-refractivity contribution >= 4 is 17.7 Å². The Labute approximate surface area is 90.3 Å². The SMILES string of the molecule is O=C(O)CCc1ccc(SC(F)F)cc1.